The van der Waals surface area contributed by atoms with Crippen LogP contribution < -0.4 is 15.0 Å². The summed E-state index contributed by atoms with van der Waals surface area (Å²) in [6, 6.07) is 22.8. The van der Waals surface area contributed by atoms with Crippen LogP contribution in [0.5, 0.6) is 11.5 Å². The minimum atomic E-state index is -0.508. The number of rotatable bonds is 3. The molecule has 2 amide bonds. The van der Waals surface area contributed by atoms with E-state index in [1.165, 1.54) is 6.92 Å². The van der Waals surface area contributed by atoms with E-state index in [2.05, 4.69) is 34.5 Å². The summed E-state index contributed by atoms with van der Waals surface area (Å²) < 4.78 is 12.2. The van der Waals surface area contributed by atoms with Crippen molar-refractivity contribution in [2.75, 3.05) is 10.2 Å². The Morgan fingerprint density at radius 1 is 0.872 bits per heavy atom. The molecule has 3 heterocycles. The van der Waals surface area contributed by atoms with Crippen molar-refractivity contribution in [1.29, 1.82) is 0 Å². The second-order valence-electron chi connectivity index (χ2n) is 11.7. The zero-order chi connectivity index (χ0) is 27.3. The van der Waals surface area contributed by atoms with Crippen molar-refractivity contribution in [2.24, 2.45) is 0 Å². The third-order valence-electron chi connectivity index (χ3n) is 7.79. The molecular formula is C32H35N3O4. The topological polar surface area (TPSA) is 71.1 Å². The van der Waals surface area contributed by atoms with E-state index in [0.29, 0.717) is 0 Å². The van der Waals surface area contributed by atoms with E-state index in [1.807, 2.05) is 68.1 Å². The van der Waals surface area contributed by atoms with Gasteiger partial charge in [-0.1, -0.05) is 36.4 Å². The number of nitrogens with zero attached hydrogens (tertiary/aromatic N) is 2. The fourth-order valence-electron chi connectivity index (χ4n) is 6.35. The van der Waals surface area contributed by atoms with Gasteiger partial charge in [0.2, 0.25) is 5.91 Å². The number of benzene rings is 3. The number of carbonyl (C=O) groups is 2. The van der Waals surface area contributed by atoms with Crippen molar-refractivity contribution in [2.45, 2.75) is 77.1 Å². The first-order valence-corrected chi connectivity index (χ1v) is 13.8. The summed E-state index contributed by atoms with van der Waals surface area (Å²) in [4.78, 5) is 29.3. The summed E-state index contributed by atoms with van der Waals surface area (Å²) in [5, 5.41) is 2.94. The van der Waals surface area contributed by atoms with E-state index in [4.69, 9.17) is 9.47 Å². The summed E-state index contributed by atoms with van der Waals surface area (Å²) in [5.41, 5.74) is 4.23. The molecule has 3 aliphatic rings. The molecule has 2 fully saturated rings. The second-order valence-corrected chi connectivity index (χ2v) is 11.7. The van der Waals surface area contributed by atoms with E-state index >= 15 is 0 Å². The summed E-state index contributed by atoms with van der Waals surface area (Å²) in [6.45, 7) is 7.28. The molecule has 7 heteroatoms. The smallest absolute Gasteiger partial charge is 0.410 e. The molecule has 1 unspecified atom stereocenters. The van der Waals surface area contributed by atoms with Crippen LogP contribution in [0.25, 0.3) is 11.1 Å². The average molecular weight is 526 g/mol. The maximum absolute atomic E-state index is 13.1. The summed E-state index contributed by atoms with van der Waals surface area (Å²) >= 11 is 0. The van der Waals surface area contributed by atoms with Crippen LogP contribution in [-0.2, 0) is 9.53 Å². The molecule has 6 rings (SSSR count). The summed E-state index contributed by atoms with van der Waals surface area (Å²) in [7, 11) is 0. The fourth-order valence-corrected chi connectivity index (χ4v) is 6.35. The molecule has 0 saturated carbocycles. The van der Waals surface area contributed by atoms with E-state index in [1.54, 1.807) is 0 Å². The summed E-state index contributed by atoms with van der Waals surface area (Å²) in [6.07, 6.45) is 3.54. The Labute approximate surface area is 229 Å². The maximum atomic E-state index is 13.1. The standard InChI is InChI=1S/C32H35N3O4/c1-20(36)33-26-10-6-5-9-25(26)21-13-16-28-30(17-21)38-29-12-8-7-11-27(29)35(28)24-18-22-14-15-23(19-24)34(22)31(37)39-32(2,3)4/h5-13,16-17,22-24H,14-15,18-19H2,1-4H3,(H,33,36)/t22-,23+,24?. The quantitative estimate of drug-likeness (QED) is 0.384. The van der Waals surface area contributed by atoms with Gasteiger partial charge in [0.25, 0.3) is 0 Å². The highest BCUT2D eigenvalue weighted by atomic mass is 16.6. The fraction of sp³-hybridized carbons (Fsp3) is 0.375. The first-order chi connectivity index (χ1) is 18.7. The van der Waals surface area contributed by atoms with Crippen molar-refractivity contribution in [3.63, 3.8) is 0 Å². The Kier molecular flexibility index (Phi) is 6.25. The number of anilines is 3. The van der Waals surface area contributed by atoms with Crippen LogP contribution in [0.4, 0.5) is 21.9 Å². The molecule has 1 N–H and O–H groups in total. The van der Waals surface area contributed by atoms with Crippen LogP contribution in [0, 0.1) is 0 Å². The van der Waals surface area contributed by atoms with Gasteiger partial charge in [-0.3, -0.25) is 4.79 Å². The predicted molar refractivity (Wildman–Crippen MR) is 153 cm³/mol. The molecule has 202 valence electrons. The third-order valence-corrected chi connectivity index (χ3v) is 7.79. The SMILES string of the molecule is CC(=O)Nc1ccccc1-c1ccc2c(c1)Oc1ccccc1N2C1C[C@H]2CC[C@@H](C1)N2C(=O)OC(C)(C)C. The number of hydrogen-bond donors (Lipinski definition) is 1. The highest BCUT2D eigenvalue weighted by molar-refractivity contribution is 5.94. The van der Waals surface area contributed by atoms with E-state index in [9.17, 15) is 9.59 Å². The Hall–Kier alpha value is -4.00. The molecule has 2 bridgehead atoms. The number of amides is 2. The molecule has 39 heavy (non-hydrogen) atoms. The van der Waals surface area contributed by atoms with Gasteiger partial charge in [-0.2, -0.15) is 0 Å². The monoisotopic (exact) mass is 525 g/mol. The van der Waals surface area contributed by atoms with Gasteiger partial charge in [0.05, 0.1) is 11.4 Å². The van der Waals surface area contributed by atoms with Gasteiger partial charge in [0, 0.05) is 36.3 Å². The molecule has 0 aliphatic carbocycles. The molecule has 2 saturated heterocycles. The van der Waals surface area contributed by atoms with Gasteiger partial charge in [0.15, 0.2) is 11.5 Å². The number of para-hydroxylation sites is 3. The van der Waals surface area contributed by atoms with Gasteiger partial charge >= 0.3 is 6.09 Å². The van der Waals surface area contributed by atoms with Crippen LogP contribution in [-0.4, -0.2) is 40.6 Å². The number of ether oxygens (including phenoxy) is 2. The first kappa shape index (κ1) is 25.3. The average Bonchev–Trinajstić information content (AvgIpc) is 3.16. The lowest BCUT2D eigenvalue weighted by atomic mass is 9.93. The van der Waals surface area contributed by atoms with E-state index < -0.39 is 5.60 Å². The molecule has 3 aromatic carbocycles. The number of fused-ring (bicyclic) bond motifs is 4. The zero-order valence-corrected chi connectivity index (χ0v) is 22.9. The third kappa shape index (κ3) is 4.82. The number of piperidine rings is 1. The van der Waals surface area contributed by atoms with Gasteiger partial charge in [-0.25, -0.2) is 4.79 Å². The largest absolute Gasteiger partial charge is 0.453 e. The van der Waals surface area contributed by atoms with Crippen LogP contribution in [0.15, 0.2) is 66.7 Å². The van der Waals surface area contributed by atoms with Gasteiger partial charge in [-0.15, -0.1) is 0 Å². The van der Waals surface area contributed by atoms with Crippen molar-refractivity contribution >= 4 is 29.1 Å². The highest BCUT2D eigenvalue weighted by Gasteiger charge is 2.47. The van der Waals surface area contributed by atoms with Crippen LogP contribution >= 0.6 is 0 Å². The number of hydrogen-bond acceptors (Lipinski definition) is 5. The molecule has 0 radical (unpaired) electrons. The van der Waals surface area contributed by atoms with Gasteiger partial charge < -0.3 is 24.6 Å². The van der Waals surface area contributed by atoms with Crippen molar-refractivity contribution in [3.05, 3.63) is 66.7 Å². The zero-order valence-electron chi connectivity index (χ0n) is 22.9. The lowest BCUT2D eigenvalue weighted by molar-refractivity contribution is -0.114. The molecule has 3 aliphatic heterocycles. The Balaban J connectivity index is 1.34. The number of nitrogens with one attached hydrogen (secondary N) is 1. The normalized spacial score (nSPS) is 21.5. The predicted octanol–water partition coefficient (Wildman–Crippen LogP) is 7.49. The lowest BCUT2D eigenvalue weighted by Gasteiger charge is -2.45. The van der Waals surface area contributed by atoms with Crippen molar-refractivity contribution in [1.82, 2.24) is 4.90 Å². The lowest BCUT2D eigenvalue weighted by Crippen LogP contribution is -2.53. The minimum absolute atomic E-state index is 0.107. The highest BCUT2D eigenvalue weighted by Crippen LogP contribution is 2.52. The molecule has 0 spiro atoms. The van der Waals surface area contributed by atoms with Crippen LogP contribution in [0.2, 0.25) is 0 Å². The van der Waals surface area contributed by atoms with Crippen molar-refractivity contribution < 1.29 is 19.1 Å². The first-order valence-electron chi connectivity index (χ1n) is 13.8. The van der Waals surface area contributed by atoms with E-state index in [-0.39, 0.29) is 30.1 Å². The maximum Gasteiger partial charge on any atom is 0.410 e. The Morgan fingerprint density at radius 2 is 1.54 bits per heavy atom. The molecule has 7 nitrogen and oxygen atoms in total. The molecule has 3 atom stereocenters. The van der Waals surface area contributed by atoms with E-state index in [0.717, 1.165) is 65.4 Å². The number of carbonyl (C=O) groups excluding carboxylic acids is 2. The summed E-state index contributed by atoms with van der Waals surface area (Å²) in [5.74, 6) is 1.49. The molecular weight excluding hydrogens is 490 g/mol. The Bertz CT molecular complexity index is 1410. The Morgan fingerprint density at radius 3 is 2.26 bits per heavy atom. The molecule has 3 aromatic rings. The molecule has 0 aromatic heterocycles. The second kappa shape index (κ2) is 9.63. The van der Waals surface area contributed by atoms with Crippen molar-refractivity contribution in [3.8, 4) is 22.6 Å². The van der Waals surface area contributed by atoms with Crippen LogP contribution in [0.3, 0.4) is 0 Å². The van der Waals surface area contributed by atoms with Crippen LogP contribution in [0.1, 0.15) is 53.4 Å². The van der Waals surface area contributed by atoms with Gasteiger partial charge in [-0.05, 0) is 82.3 Å². The minimum Gasteiger partial charge on any atom is -0.453 e. The van der Waals surface area contributed by atoms with Gasteiger partial charge in [0.1, 0.15) is 5.60 Å².